The molecule has 0 saturated heterocycles. The maximum Gasteiger partial charge on any atom is 0.262 e. The fraction of sp³-hybridized carbons (Fsp3) is 0.167. The number of rotatable bonds is 4. The third kappa shape index (κ3) is 3.37. The van der Waals surface area contributed by atoms with Gasteiger partial charge in [0.2, 0.25) is 0 Å². The van der Waals surface area contributed by atoms with Gasteiger partial charge in [0.15, 0.2) is 0 Å². The zero-order valence-electron chi connectivity index (χ0n) is 8.99. The molecule has 82 valence electrons. The van der Waals surface area contributed by atoms with Crippen molar-refractivity contribution in [3.05, 3.63) is 40.1 Å². The molecule has 0 atom stereocenters. The number of hydrogen-bond acceptors (Lipinski definition) is 3. The van der Waals surface area contributed by atoms with Crippen molar-refractivity contribution in [2.24, 2.45) is 0 Å². The van der Waals surface area contributed by atoms with Gasteiger partial charge in [-0.1, -0.05) is 6.08 Å². The minimum atomic E-state index is -0.367. The summed E-state index contributed by atoms with van der Waals surface area (Å²) in [7, 11) is 0. The summed E-state index contributed by atoms with van der Waals surface area (Å²) >= 11 is 1.55. The van der Waals surface area contributed by atoms with Gasteiger partial charge in [-0.25, -0.2) is 0 Å². The van der Waals surface area contributed by atoms with E-state index in [1.807, 2.05) is 25.1 Å². The van der Waals surface area contributed by atoms with Gasteiger partial charge in [0.25, 0.3) is 5.91 Å². The first kappa shape index (κ1) is 12.2. The topological polar surface area (TPSA) is 52.9 Å². The summed E-state index contributed by atoms with van der Waals surface area (Å²) in [5, 5.41) is 11.4. The molecular weight excluding hydrogens is 220 g/mol. The standard InChI is InChI=1S/C12H12N2OS/c1-3-6-14-12(15)10(8-13)7-11-5-4-9(2)16-11/h3-5,7H,1,6H2,2H3,(H,14,15)/b10-7+. The zero-order chi connectivity index (χ0) is 12.0. The third-order valence-electron chi connectivity index (χ3n) is 1.82. The Morgan fingerprint density at radius 1 is 1.69 bits per heavy atom. The number of aryl methyl sites for hydroxylation is 1. The second-order valence-electron chi connectivity index (χ2n) is 3.12. The summed E-state index contributed by atoms with van der Waals surface area (Å²) in [5.41, 5.74) is 0.115. The molecular formula is C12H12N2OS. The molecule has 0 aliphatic heterocycles. The van der Waals surface area contributed by atoms with E-state index in [2.05, 4.69) is 11.9 Å². The largest absolute Gasteiger partial charge is 0.348 e. The number of carbonyl (C=O) groups excluding carboxylic acids is 1. The molecule has 1 heterocycles. The predicted molar refractivity (Wildman–Crippen MR) is 65.9 cm³/mol. The number of nitrogens with one attached hydrogen (secondary N) is 1. The highest BCUT2D eigenvalue weighted by Crippen LogP contribution is 2.18. The van der Waals surface area contributed by atoms with Gasteiger partial charge in [0.05, 0.1) is 0 Å². The molecule has 0 radical (unpaired) electrons. The molecule has 0 spiro atoms. The van der Waals surface area contributed by atoms with Gasteiger partial charge in [-0.15, -0.1) is 17.9 Å². The molecule has 0 bridgehead atoms. The van der Waals surface area contributed by atoms with Crippen molar-refractivity contribution in [2.45, 2.75) is 6.92 Å². The van der Waals surface area contributed by atoms with Gasteiger partial charge in [-0.05, 0) is 25.1 Å². The molecule has 0 aromatic carbocycles. The summed E-state index contributed by atoms with van der Waals surface area (Å²) in [4.78, 5) is 13.6. The van der Waals surface area contributed by atoms with Crippen molar-refractivity contribution in [2.75, 3.05) is 6.54 Å². The van der Waals surface area contributed by atoms with E-state index in [0.717, 1.165) is 9.75 Å². The lowest BCUT2D eigenvalue weighted by Crippen LogP contribution is -2.24. The fourth-order valence-corrected chi connectivity index (χ4v) is 1.90. The van der Waals surface area contributed by atoms with Crippen molar-refractivity contribution < 1.29 is 4.79 Å². The zero-order valence-corrected chi connectivity index (χ0v) is 9.80. The van der Waals surface area contributed by atoms with Crippen molar-refractivity contribution in [3.8, 4) is 6.07 Å². The number of nitriles is 1. The molecule has 3 nitrogen and oxygen atoms in total. The number of amides is 1. The van der Waals surface area contributed by atoms with E-state index >= 15 is 0 Å². The SMILES string of the molecule is C=CCNC(=O)/C(C#N)=C/c1ccc(C)s1. The summed E-state index contributed by atoms with van der Waals surface area (Å²) in [5.74, 6) is -0.367. The van der Waals surface area contributed by atoms with Crippen LogP contribution in [0.1, 0.15) is 9.75 Å². The minimum Gasteiger partial charge on any atom is -0.348 e. The first-order valence-corrected chi connectivity index (χ1v) is 5.56. The van der Waals surface area contributed by atoms with Gasteiger partial charge in [0.1, 0.15) is 11.6 Å². The van der Waals surface area contributed by atoms with E-state index in [4.69, 9.17) is 5.26 Å². The van der Waals surface area contributed by atoms with E-state index in [-0.39, 0.29) is 11.5 Å². The molecule has 4 heteroatoms. The van der Waals surface area contributed by atoms with Crippen LogP contribution in [0.25, 0.3) is 6.08 Å². The molecule has 0 saturated carbocycles. The van der Waals surface area contributed by atoms with Crippen LogP contribution in [0.15, 0.2) is 30.4 Å². The highest BCUT2D eigenvalue weighted by molar-refractivity contribution is 7.12. The van der Waals surface area contributed by atoms with Gasteiger partial charge in [0, 0.05) is 16.3 Å². The van der Waals surface area contributed by atoms with Crippen LogP contribution in [-0.4, -0.2) is 12.5 Å². The average Bonchev–Trinajstić information content (AvgIpc) is 2.68. The Hall–Kier alpha value is -1.86. The first-order chi connectivity index (χ1) is 7.67. The molecule has 0 unspecified atom stereocenters. The van der Waals surface area contributed by atoms with E-state index < -0.39 is 0 Å². The second kappa shape index (κ2) is 5.89. The molecule has 0 fully saturated rings. The summed E-state index contributed by atoms with van der Waals surface area (Å²) < 4.78 is 0. The number of nitrogens with zero attached hydrogens (tertiary/aromatic N) is 1. The first-order valence-electron chi connectivity index (χ1n) is 4.74. The summed E-state index contributed by atoms with van der Waals surface area (Å²) in [6, 6.07) is 5.73. The molecule has 1 aromatic rings. The highest BCUT2D eigenvalue weighted by Gasteiger charge is 2.07. The van der Waals surface area contributed by atoms with Gasteiger partial charge in [-0.3, -0.25) is 4.79 Å². The lowest BCUT2D eigenvalue weighted by Gasteiger charge is -1.98. The third-order valence-corrected chi connectivity index (χ3v) is 2.77. The van der Waals surface area contributed by atoms with Crippen LogP contribution in [-0.2, 0) is 4.79 Å². The number of carbonyl (C=O) groups is 1. The normalized spacial score (nSPS) is 10.6. The lowest BCUT2D eigenvalue weighted by atomic mass is 10.2. The van der Waals surface area contributed by atoms with Crippen LogP contribution in [0.2, 0.25) is 0 Å². The molecule has 1 N–H and O–H groups in total. The Labute approximate surface area is 98.7 Å². The molecule has 16 heavy (non-hydrogen) atoms. The highest BCUT2D eigenvalue weighted by atomic mass is 32.1. The Kier molecular flexibility index (Phi) is 4.49. The van der Waals surface area contributed by atoms with Gasteiger partial charge >= 0.3 is 0 Å². The summed E-state index contributed by atoms with van der Waals surface area (Å²) in [6.45, 7) is 5.83. The monoisotopic (exact) mass is 232 g/mol. The second-order valence-corrected chi connectivity index (χ2v) is 4.44. The molecule has 1 aromatic heterocycles. The van der Waals surface area contributed by atoms with Crippen LogP contribution in [0.4, 0.5) is 0 Å². The van der Waals surface area contributed by atoms with Gasteiger partial charge in [-0.2, -0.15) is 5.26 Å². The van der Waals surface area contributed by atoms with Crippen molar-refractivity contribution in [1.82, 2.24) is 5.32 Å². The van der Waals surface area contributed by atoms with Crippen molar-refractivity contribution in [1.29, 1.82) is 5.26 Å². The summed E-state index contributed by atoms with van der Waals surface area (Å²) in [6.07, 6.45) is 3.16. The Balaban J connectivity index is 2.82. The Bertz CT molecular complexity index is 466. The maximum atomic E-state index is 11.5. The number of thiophene rings is 1. The molecule has 0 aliphatic rings. The van der Waals surface area contributed by atoms with E-state index in [1.54, 1.807) is 23.5 Å². The van der Waals surface area contributed by atoms with E-state index in [9.17, 15) is 4.79 Å². The predicted octanol–water partition coefficient (Wildman–Crippen LogP) is 2.27. The van der Waals surface area contributed by atoms with Crippen LogP contribution in [0, 0.1) is 18.3 Å². The Morgan fingerprint density at radius 3 is 2.94 bits per heavy atom. The van der Waals surface area contributed by atoms with E-state index in [1.165, 1.54) is 0 Å². The minimum absolute atomic E-state index is 0.115. The quantitative estimate of drug-likeness (QED) is 0.492. The smallest absolute Gasteiger partial charge is 0.262 e. The fourth-order valence-electron chi connectivity index (χ4n) is 1.08. The maximum absolute atomic E-state index is 11.5. The average molecular weight is 232 g/mol. The van der Waals surface area contributed by atoms with Gasteiger partial charge < -0.3 is 5.32 Å². The molecule has 1 amide bonds. The van der Waals surface area contributed by atoms with Crippen LogP contribution in [0.5, 0.6) is 0 Å². The van der Waals surface area contributed by atoms with Crippen molar-refractivity contribution in [3.63, 3.8) is 0 Å². The molecule has 0 aliphatic carbocycles. The van der Waals surface area contributed by atoms with Crippen molar-refractivity contribution >= 4 is 23.3 Å². The number of hydrogen-bond donors (Lipinski definition) is 1. The lowest BCUT2D eigenvalue weighted by molar-refractivity contribution is -0.116. The van der Waals surface area contributed by atoms with Crippen LogP contribution in [0.3, 0.4) is 0 Å². The Morgan fingerprint density at radius 2 is 2.44 bits per heavy atom. The van der Waals surface area contributed by atoms with Crippen LogP contribution < -0.4 is 5.32 Å². The van der Waals surface area contributed by atoms with E-state index in [0.29, 0.717) is 6.54 Å². The molecule has 1 rings (SSSR count). The van der Waals surface area contributed by atoms with Crippen LogP contribution >= 0.6 is 11.3 Å².